The van der Waals surface area contributed by atoms with E-state index in [1.54, 1.807) is 12.4 Å². The van der Waals surface area contributed by atoms with E-state index in [4.69, 9.17) is 10.5 Å². The molecule has 1 aromatic carbocycles. The average Bonchev–Trinajstić information content (AvgIpc) is 2.97. The van der Waals surface area contributed by atoms with Crippen LogP contribution in [0.5, 0.6) is 5.75 Å². The molecular weight excluding hydrogens is 288 g/mol. The van der Waals surface area contributed by atoms with Gasteiger partial charge in [0.1, 0.15) is 5.75 Å². The molecule has 0 radical (unpaired) electrons. The van der Waals surface area contributed by atoms with E-state index in [0.29, 0.717) is 17.0 Å². The van der Waals surface area contributed by atoms with Gasteiger partial charge in [0, 0.05) is 18.1 Å². The summed E-state index contributed by atoms with van der Waals surface area (Å²) in [5.41, 5.74) is 6.29. The molecule has 0 bridgehead atoms. The van der Waals surface area contributed by atoms with Gasteiger partial charge >= 0.3 is 0 Å². The molecule has 0 aliphatic carbocycles. The molecule has 110 valence electrons. The van der Waals surface area contributed by atoms with Gasteiger partial charge < -0.3 is 15.4 Å². The van der Waals surface area contributed by atoms with Crippen LogP contribution in [-0.2, 0) is 0 Å². The third-order valence-corrected chi connectivity index (χ3v) is 3.85. The van der Waals surface area contributed by atoms with E-state index in [2.05, 4.69) is 0 Å². The second-order valence-electron chi connectivity index (χ2n) is 4.35. The van der Waals surface area contributed by atoms with Crippen LogP contribution in [-0.4, -0.2) is 25.5 Å². The minimum atomic E-state index is -0.533. The second kappa shape index (κ2) is 6.41. The Hall–Kier alpha value is -2.34. The van der Waals surface area contributed by atoms with Crippen LogP contribution >= 0.6 is 11.3 Å². The smallest absolute Gasteiger partial charge is 0.268 e. The molecule has 0 spiro atoms. The number of ether oxygens (including phenoxy) is 1. The summed E-state index contributed by atoms with van der Waals surface area (Å²) in [4.78, 5) is 25.4. The molecule has 2 aromatic rings. The number of carbonyl (C=O) groups excluding carboxylic acids is 2. The van der Waals surface area contributed by atoms with E-state index in [1.807, 2.05) is 31.2 Å². The maximum Gasteiger partial charge on any atom is 0.268 e. The number of anilines is 1. The summed E-state index contributed by atoms with van der Waals surface area (Å²) in [5, 5.41) is 1.58. The Labute approximate surface area is 126 Å². The zero-order valence-corrected chi connectivity index (χ0v) is 12.6. The lowest BCUT2D eigenvalue weighted by Gasteiger charge is -2.16. The number of nitrogens with two attached hydrogens (primary N) is 1. The Morgan fingerprint density at radius 1 is 1.29 bits per heavy atom. The number of hydrogen-bond acceptors (Lipinski definition) is 4. The van der Waals surface area contributed by atoms with E-state index in [-0.39, 0.29) is 5.91 Å². The molecule has 1 aromatic heterocycles. The number of primary amides is 1. The summed E-state index contributed by atoms with van der Waals surface area (Å²) in [6, 6.07) is 8.76. The molecule has 0 aliphatic heterocycles. The van der Waals surface area contributed by atoms with Crippen molar-refractivity contribution < 1.29 is 14.3 Å². The highest BCUT2D eigenvalue weighted by atomic mass is 32.1. The van der Waals surface area contributed by atoms with Crippen molar-refractivity contribution in [2.75, 3.05) is 18.6 Å². The van der Waals surface area contributed by atoms with Gasteiger partial charge in [0.2, 0.25) is 5.91 Å². The summed E-state index contributed by atoms with van der Waals surface area (Å²) >= 11 is 1.20. The molecule has 0 aliphatic rings. The molecule has 1 heterocycles. The average molecular weight is 304 g/mol. The summed E-state index contributed by atoms with van der Waals surface area (Å²) in [6.45, 7) is 2.51. The molecule has 2 N–H and O–H groups in total. The van der Waals surface area contributed by atoms with Gasteiger partial charge in [-0.05, 0) is 37.3 Å². The van der Waals surface area contributed by atoms with Crippen LogP contribution in [0.3, 0.4) is 0 Å². The first kappa shape index (κ1) is 15.1. The molecule has 0 atom stereocenters. The van der Waals surface area contributed by atoms with Crippen LogP contribution in [0.25, 0.3) is 0 Å². The van der Waals surface area contributed by atoms with E-state index >= 15 is 0 Å². The predicted molar refractivity (Wildman–Crippen MR) is 83.2 cm³/mol. The Morgan fingerprint density at radius 3 is 2.48 bits per heavy atom. The standard InChI is InChI=1S/C15H16N2O3S/c1-3-20-12-6-4-11(5-7-12)17(2)15(19)13-8-10(9-21-13)14(16)18/h4-9H,3H2,1-2H3,(H2,16,18). The largest absolute Gasteiger partial charge is 0.494 e. The Kier molecular flexibility index (Phi) is 4.59. The Bertz CT molecular complexity index is 649. The normalized spacial score (nSPS) is 10.2. The van der Waals surface area contributed by atoms with Crippen molar-refractivity contribution in [2.45, 2.75) is 6.92 Å². The molecule has 5 nitrogen and oxygen atoms in total. The van der Waals surface area contributed by atoms with Crippen molar-refractivity contribution >= 4 is 28.8 Å². The fourth-order valence-electron chi connectivity index (χ4n) is 1.79. The van der Waals surface area contributed by atoms with Crippen LogP contribution < -0.4 is 15.4 Å². The minimum absolute atomic E-state index is 0.184. The third-order valence-electron chi connectivity index (χ3n) is 2.93. The van der Waals surface area contributed by atoms with Gasteiger partial charge in [-0.1, -0.05) is 0 Å². The fourth-order valence-corrected chi connectivity index (χ4v) is 2.66. The number of amides is 2. The zero-order chi connectivity index (χ0) is 15.4. The van der Waals surface area contributed by atoms with Gasteiger partial charge in [0.25, 0.3) is 5.91 Å². The van der Waals surface area contributed by atoms with E-state index in [1.165, 1.54) is 22.3 Å². The number of thiophene rings is 1. The van der Waals surface area contributed by atoms with Crippen LogP contribution in [0.4, 0.5) is 5.69 Å². The van der Waals surface area contributed by atoms with E-state index in [0.717, 1.165) is 11.4 Å². The van der Waals surface area contributed by atoms with Crippen molar-refractivity contribution in [3.8, 4) is 5.75 Å². The highest BCUT2D eigenvalue weighted by Crippen LogP contribution is 2.22. The lowest BCUT2D eigenvalue weighted by atomic mass is 10.2. The predicted octanol–water partition coefficient (Wildman–Crippen LogP) is 2.52. The van der Waals surface area contributed by atoms with Crippen molar-refractivity contribution in [2.24, 2.45) is 5.73 Å². The maximum absolute atomic E-state index is 12.3. The molecule has 0 saturated carbocycles. The van der Waals surface area contributed by atoms with Crippen molar-refractivity contribution in [3.63, 3.8) is 0 Å². The van der Waals surface area contributed by atoms with E-state index < -0.39 is 5.91 Å². The minimum Gasteiger partial charge on any atom is -0.494 e. The number of rotatable bonds is 5. The van der Waals surface area contributed by atoms with Crippen molar-refractivity contribution in [3.05, 3.63) is 46.2 Å². The molecule has 2 rings (SSSR count). The number of carbonyl (C=O) groups is 2. The molecule has 6 heteroatoms. The lowest BCUT2D eigenvalue weighted by molar-refractivity contribution is 0.0995. The van der Waals surface area contributed by atoms with Gasteiger partial charge in [-0.15, -0.1) is 11.3 Å². The molecular formula is C15H16N2O3S. The highest BCUT2D eigenvalue weighted by molar-refractivity contribution is 7.12. The van der Waals surface area contributed by atoms with Crippen LogP contribution in [0.2, 0.25) is 0 Å². The Morgan fingerprint density at radius 2 is 1.95 bits per heavy atom. The number of nitrogens with zero attached hydrogens (tertiary/aromatic N) is 1. The molecule has 0 unspecified atom stereocenters. The first-order valence-corrected chi connectivity index (χ1v) is 7.30. The van der Waals surface area contributed by atoms with Gasteiger partial charge in [0.05, 0.1) is 17.0 Å². The van der Waals surface area contributed by atoms with Gasteiger partial charge in [-0.2, -0.15) is 0 Å². The topological polar surface area (TPSA) is 72.6 Å². The van der Waals surface area contributed by atoms with Gasteiger partial charge in [-0.3, -0.25) is 9.59 Å². The molecule has 0 saturated heterocycles. The summed E-state index contributed by atoms with van der Waals surface area (Å²) in [5.74, 6) is 0.0416. The summed E-state index contributed by atoms with van der Waals surface area (Å²) in [6.07, 6.45) is 0. The van der Waals surface area contributed by atoms with Crippen molar-refractivity contribution in [1.29, 1.82) is 0 Å². The van der Waals surface area contributed by atoms with Crippen molar-refractivity contribution in [1.82, 2.24) is 0 Å². The molecule has 2 amide bonds. The zero-order valence-electron chi connectivity index (χ0n) is 11.8. The van der Waals surface area contributed by atoms with Crippen LogP contribution in [0, 0.1) is 0 Å². The fraction of sp³-hybridized carbons (Fsp3) is 0.200. The molecule has 21 heavy (non-hydrogen) atoms. The summed E-state index contributed by atoms with van der Waals surface area (Å²) in [7, 11) is 1.68. The maximum atomic E-state index is 12.3. The van der Waals surface area contributed by atoms with Crippen LogP contribution in [0.1, 0.15) is 27.0 Å². The lowest BCUT2D eigenvalue weighted by Crippen LogP contribution is -2.25. The monoisotopic (exact) mass is 304 g/mol. The quantitative estimate of drug-likeness (QED) is 0.922. The first-order chi connectivity index (χ1) is 10.0. The van der Waals surface area contributed by atoms with E-state index in [9.17, 15) is 9.59 Å². The summed E-state index contributed by atoms with van der Waals surface area (Å²) < 4.78 is 5.36. The first-order valence-electron chi connectivity index (χ1n) is 6.42. The molecule has 0 fully saturated rings. The Balaban J connectivity index is 2.15. The second-order valence-corrected chi connectivity index (χ2v) is 5.27. The SMILES string of the molecule is CCOc1ccc(N(C)C(=O)c2cc(C(N)=O)cs2)cc1. The van der Waals surface area contributed by atoms with Gasteiger partial charge in [-0.25, -0.2) is 0 Å². The number of benzene rings is 1. The van der Waals surface area contributed by atoms with Gasteiger partial charge in [0.15, 0.2) is 0 Å². The van der Waals surface area contributed by atoms with Crippen LogP contribution in [0.15, 0.2) is 35.7 Å². The third kappa shape index (κ3) is 3.41. The highest BCUT2D eigenvalue weighted by Gasteiger charge is 2.17. The number of hydrogen-bond donors (Lipinski definition) is 1.